The van der Waals surface area contributed by atoms with E-state index in [4.69, 9.17) is 0 Å². The van der Waals surface area contributed by atoms with Crippen molar-refractivity contribution in [2.24, 2.45) is 0 Å². The maximum atomic E-state index is 11.2. The molecule has 2 aromatic heterocycles. The highest BCUT2D eigenvalue weighted by molar-refractivity contribution is 9.10. The second kappa shape index (κ2) is 5.11. The van der Waals surface area contributed by atoms with Crippen LogP contribution in [0.25, 0.3) is 16.9 Å². The van der Waals surface area contributed by atoms with Crippen LogP contribution in [0.1, 0.15) is 10.4 Å². The van der Waals surface area contributed by atoms with Gasteiger partial charge in [-0.15, -0.1) is 0 Å². The van der Waals surface area contributed by atoms with Crippen molar-refractivity contribution in [2.75, 3.05) is 0 Å². The zero-order valence-electron chi connectivity index (χ0n) is 9.79. The van der Waals surface area contributed by atoms with Crippen molar-refractivity contribution < 1.29 is 4.79 Å². The van der Waals surface area contributed by atoms with E-state index >= 15 is 0 Å². The van der Waals surface area contributed by atoms with E-state index in [2.05, 4.69) is 21.0 Å². The first-order valence-electron chi connectivity index (χ1n) is 5.61. The molecule has 0 radical (unpaired) electrons. The quantitative estimate of drug-likeness (QED) is 0.674. The van der Waals surface area contributed by atoms with Crippen molar-refractivity contribution in [1.29, 1.82) is 0 Å². The number of aromatic nitrogens is 2. The van der Waals surface area contributed by atoms with Gasteiger partial charge in [0, 0.05) is 21.6 Å². The molecule has 0 N–H and O–H groups in total. The summed E-state index contributed by atoms with van der Waals surface area (Å²) < 4.78 is 2.74. The SMILES string of the molecule is O=Cc1cn(-c2ccc(Br)cc2)nc1-c1ccsc1. The van der Waals surface area contributed by atoms with Crippen molar-refractivity contribution in [1.82, 2.24) is 9.78 Å². The number of hydrogen-bond acceptors (Lipinski definition) is 3. The van der Waals surface area contributed by atoms with E-state index in [9.17, 15) is 4.79 Å². The van der Waals surface area contributed by atoms with Gasteiger partial charge in [-0.05, 0) is 35.7 Å². The van der Waals surface area contributed by atoms with Crippen LogP contribution in [0.15, 0.2) is 51.8 Å². The molecule has 2 heterocycles. The van der Waals surface area contributed by atoms with Gasteiger partial charge in [-0.2, -0.15) is 16.4 Å². The molecule has 1 aromatic carbocycles. The summed E-state index contributed by atoms with van der Waals surface area (Å²) in [6.07, 6.45) is 2.60. The molecule has 0 atom stereocenters. The normalized spacial score (nSPS) is 10.6. The number of carbonyl (C=O) groups excluding carboxylic acids is 1. The standard InChI is InChI=1S/C14H9BrN2OS/c15-12-1-3-13(4-2-12)17-7-11(8-18)14(16-17)10-5-6-19-9-10/h1-9H. The van der Waals surface area contributed by atoms with Gasteiger partial charge in [-0.3, -0.25) is 4.79 Å². The van der Waals surface area contributed by atoms with Crippen molar-refractivity contribution in [3.05, 3.63) is 57.3 Å². The molecule has 0 bridgehead atoms. The molecular weight excluding hydrogens is 324 g/mol. The van der Waals surface area contributed by atoms with Crippen LogP contribution in [-0.2, 0) is 0 Å². The molecule has 0 spiro atoms. The van der Waals surface area contributed by atoms with Gasteiger partial charge < -0.3 is 0 Å². The molecule has 0 fully saturated rings. The highest BCUT2D eigenvalue weighted by Gasteiger charge is 2.11. The summed E-state index contributed by atoms with van der Waals surface area (Å²) in [5, 5.41) is 8.46. The van der Waals surface area contributed by atoms with Gasteiger partial charge in [0.25, 0.3) is 0 Å². The van der Waals surface area contributed by atoms with E-state index in [0.717, 1.165) is 27.7 Å². The van der Waals surface area contributed by atoms with Crippen molar-refractivity contribution in [3.63, 3.8) is 0 Å². The Labute approximate surface area is 122 Å². The average Bonchev–Trinajstić information content (AvgIpc) is 3.08. The highest BCUT2D eigenvalue weighted by atomic mass is 79.9. The van der Waals surface area contributed by atoms with Gasteiger partial charge in [0.1, 0.15) is 5.69 Å². The van der Waals surface area contributed by atoms with E-state index in [-0.39, 0.29) is 0 Å². The van der Waals surface area contributed by atoms with Crippen LogP contribution in [0.4, 0.5) is 0 Å². The van der Waals surface area contributed by atoms with E-state index in [1.165, 1.54) is 0 Å². The zero-order valence-corrected chi connectivity index (χ0v) is 12.2. The maximum Gasteiger partial charge on any atom is 0.153 e. The molecule has 3 aromatic rings. The molecule has 3 nitrogen and oxygen atoms in total. The molecule has 94 valence electrons. The van der Waals surface area contributed by atoms with Gasteiger partial charge in [0.15, 0.2) is 6.29 Å². The third-order valence-corrected chi connectivity index (χ3v) is 3.97. The van der Waals surface area contributed by atoms with Gasteiger partial charge in [0.2, 0.25) is 0 Å². The van der Waals surface area contributed by atoms with Crippen LogP contribution in [0.2, 0.25) is 0 Å². The summed E-state index contributed by atoms with van der Waals surface area (Å²) in [5.74, 6) is 0. The fraction of sp³-hybridized carbons (Fsp3) is 0. The predicted octanol–water partition coefficient (Wildman–Crippen LogP) is 4.18. The number of rotatable bonds is 3. The van der Waals surface area contributed by atoms with E-state index in [1.807, 2.05) is 41.1 Å². The van der Waals surface area contributed by atoms with Gasteiger partial charge in [0.05, 0.1) is 11.3 Å². The molecule has 0 unspecified atom stereocenters. The lowest BCUT2D eigenvalue weighted by Gasteiger charge is -2.00. The van der Waals surface area contributed by atoms with E-state index in [0.29, 0.717) is 5.56 Å². The lowest BCUT2D eigenvalue weighted by molar-refractivity contribution is 0.112. The minimum absolute atomic E-state index is 0.598. The summed E-state index contributed by atoms with van der Waals surface area (Å²) in [6.45, 7) is 0. The smallest absolute Gasteiger partial charge is 0.153 e. The molecule has 0 aliphatic carbocycles. The molecular formula is C14H9BrN2OS. The minimum Gasteiger partial charge on any atom is -0.298 e. The fourth-order valence-corrected chi connectivity index (χ4v) is 2.73. The average molecular weight is 333 g/mol. The number of carbonyl (C=O) groups is 1. The first-order valence-corrected chi connectivity index (χ1v) is 7.35. The Bertz CT molecular complexity index is 702. The summed E-state index contributed by atoms with van der Waals surface area (Å²) in [7, 11) is 0. The van der Waals surface area contributed by atoms with Crippen LogP contribution in [0.5, 0.6) is 0 Å². The Hall–Kier alpha value is -1.72. The largest absolute Gasteiger partial charge is 0.298 e. The summed E-state index contributed by atoms with van der Waals surface area (Å²) in [5.41, 5.74) is 3.22. The van der Waals surface area contributed by atoms with Crippen LogP contribution < -0.4 is 0 Å². The Morgan fingerprint density at radius 2 is 2.00 bits per heavy atom. The summed E-state index contributed by atoms with van der Waals surface area (Å²) in [6, 6.07) is 9.75. The van der Waals surface area contributed by atoms with Gasteiger partial charge in [-0.1, -0.05) is 15.9 Å². The van der Waals surface area contributed by atoms with Crippen LogP contribution >= 0.6 is 27.3 Å². The lowest BCUT2D eigenvalue weighted by Crippen LogP contribution is -1.94. The maximum absolute atomic E-state index is 11.2. The number of thiophene rings is 1. The van der Waals surface area contributed by atoms with Crippen molar-refractivity contribution in [2.45, 2.75) is 0 Å². The second-order valence-corrected chi connectivity index (χ2v) is 5.68. The monoisotopic (exact) mass is 332 g/mol. The van der Waals surface area contributed by atoms with Crippen molar-refractivity contribution in [3.8, 4) is 16.9 Å². The fourth-order valence-electron chi connectivity index (χ4n) is 1.82. The predicted molar refractivity (Wildman–Crippen MR) is 80.0 cm³/mol. The number of aldehydes is 1. The topological polar surface area (TPSA) is 34.9 Å². The van der Waals surface area contributed by atoms with Crippen LogP contribution in [0.3, 0.4) is 0 Å². The van der Waals surface area contributed by atoms with E-state index < -0.39 is 0 Å². The Morgan fingerprint density at radius 1 is 1.21 bits per heavy atom. The number of nitrogens with zero attached hydrogens (tertiary/aromatic N) is 2. The van der Waals surface area contributed by atoms with E-state index in [1.54, 1.807) is 22.2 Å². The van der Waals surface area contributed by atoms with Crippen LogP contribution in [0, 0.1) is 0 Å². The molecule has 0 amide bonds. The molecule has 0 aliphatic heterocycles. The number of halogens is 1. The molecule has 3 rings (SSSR count). The Balaban J connectivity index is 2.09. The number of hydrogen-bond donors (Lipinski definition) is 0. The summed E-state index contributed by atoms with van der Waals surface area (Å²) >= 11 is 4.99. The molecule has 0 aliphatic rings. The van der Waals surface area contributed by atoms with Crippen LogP contribution in [-0.4, -0.2) is 16.1 Å². The summed E-state index contributed by atoms with van der Waals surface area (Å²) in [4.78, 5) is 11.2. The van der Waals surface area contributed by atoms with Gasteiger partial charge in [-0.25, -0.2) is 4.68 Å². The first-order chi connectivity index (χ1) is 9.28. The van der Waals surface area contributed by atoms with Crippen molar-refractivity contribution >= 4 is 33.6 Å². The number of benzene rings is 1. The minimum atomic E-state index is 0.598. The zero-order chi connectivity index (χ0) is 13.2. The third kappa shape index (κ3) is 2.39. The Morgan fingerprint density at radius 3 is 2.63 bits per heavy atom. The second-order valence-electron chi connectivity index (χ2n) is 3.98. The Kier molecular flexibility index (Phi) is 3.31. The first kappa shape index (κ1) is 12.3. The molecule has 19 heavy (non-hydrogen) atoms. The highest BCUT2D eigenvalue weighted by Crippen LogP contribution is 2.25. The lowest BCUT2D eigenvalue weighted by atomic mass is 10.2. The molecule has 0 saturated carbocycles. The molecule has 5 heteroatoms. The van der Waals surface area contributed by atoms with Gasteiger partial charge >= 0.3 is 0 Å². The molecule has 0 saturated heterocycles. The third-order valence-electron chi connectivity index (χ3n) is 2.76.